The normalized spacial score (nSPS) is 11.3. The van der Waals surface area contributed by atoms with Crippen LogP contribution in [-0.4, -0.2) is 20.1 Å². The van der Waals surface area contributed by atoms with Gasteiger partial charge in [-0.2, -0.15) is 0 Å². The van der Waals surface area contributed by atoms with E-state index >= 15 is 0 Å². The van der Waals surface area contributed by atoms with Gasteiger partial charge in [0.25, 0.3) is 10.0 Å². The minimum Gasteiger partial charge on any atom is -0.508 e. The van der Waals surface area contributed by atoms with Gasteiger partial charge in [-0.3, -0.25) is 4.31 Å². The van der Waals surface area contributed by atoms with Gasteiger partial charge in [-0.05, 0) is 36.8 Å². The molecule has 0 unspecified atom stereocenters. The van der Waals surface area contributed by atoms with Crippen molar-refractivity contribution in [2.45, 2.75) is 18.4 Å². The van der Waals surface area contributed by atoms with E-state index in [1.807, 2.05) is 0 Å². The maximum absolute atomic E-state index is 12.7. The number of sulfonamides is 1. The first-order chi connectivity index (χ1) is 9.98. The third-order valence-electron chi connectivity index (χ3n) is 3.15. The first-order valence-corrected chi connectivity index (χ1v) is 8.04. The van der Waals surface area contributed by atoms with Crippen LogP contribution >= 0.6 is 0 Å². The van der Waals surface area contributed by atoms with Crippen LogP contribution in [0, 0.1) is 0 Å². The molecule has 0 aromatic heterocycles. The van der Waals surface area contributed by atoms with E-state index in [4.69, 9.17) is 5.73 Å². The second kappa shape index (κ2) is 6.15. The van der Waals surface area contributed by atoms with Crippen LogP contribution in [0.4, 0.5) is 5.69 Å². The smallest absolute Gasteiger partial charge is 0.264 e. The van der Waals surface area contributed by atoms with E-state index in [-0.39, 0.29) is 17.2 Å². The number of benzene rings is 2. The molecule has 0 aliphatic carbocycles. The van der Waals surface area contributed by atoms with Gasteiger partial charge in [0.1, 0.15) is 5.75 Å². The molecular formula is C15H18N2O3S. The minimum absolute atomic E-state index is 0.0274. The van der Waals surface area contributed by atoms with E-state index in [0.29, 0.717) is 12.2 Å². The Labute approximate surface area is 124 Å². The zero-order chi connectivity index (χ0) is 15.5. The van der Waals surface area contributed by atoms with Crippen molar-refractivity contribution in [3.8, 4) is 5.75 Å². The van der Waals surface area contributed by atoms with E-state index in [2.05, 4.69) is 0 Å². The molecule has 0 heterocycles. The topological polar surface area (TPSA) is 83.6 Å². The molecule has 21 heavy (non-hydrogen) atoms. The first-order valence-electron chi connectivity index (χ1n) is 6.60. The summed E-state index contributed by atoms with van der Waals surface area (Å²) in [5, 5.41) is 9.53. The van der Waals surface area contributed by atoms with Crippen LogP contribution in [0.5, 0.6) is 5.75 Å². The van der Waals surface area contributed by atoms with Gasteiger partial charge in [0, 0.05) is 19.2 Å². The molecule has 5 nitrogen and oxygen atoms in total. The maximum atomic E-state index is 12.7. The van der Waals surface area contributed by atoms with Crippen LogP contribution in [-0.2, 0) is 16.6 Å². The van der Waals surface area contributed by atoms with Crippen LogP contribution in [0.15, 0.2) is 53.4 Å². The molecule has 0 spiro atoms. The molecular weight excluding hydrogens is 288 g/mol. The van der Waals surface area contributed by atoms with Gasteiger partial charge in [-0.25, -0.2) is 8.42 Å². The number of aromatic hydroxyl groups is 1. The summed E-state index contributed by atoms with van der Waals surface area (Å²) >= 11 is 0. The standard InChI is InChI=1S/C15H18N2O3S/c1-2-17(13-4-3-5-14(18)10-13)21(19,20)15-8-6-12(11-16)7-9-15/h3-10,18H,2,11,16H2,1H3. The van der Waals surface area contributed by atoms with Crippen molar-refractivity contribution in [1.29, 1.82) is 0 Å². The Morgan fingerprint density at radius 2 is 1.81 bits per heavy atom. The number of phenols is 1. The van der Waals surface area contributed by atoms with Gasteiger partial charge >= 0.3 is 0 Å². The van der Waals surface area contributed by atoms with Crippen molar-refractivity contribution in [2.75, 3.05) is 10.8 Å². The van der Waals surface area contributed by atoms with Crippen LogP contribution in [0.25, 0.3) is 0 Å². The zero-order valence-corrected chi connectivity index (χ0v) is 12.5. The number of hydrogen-bond donors (Lipinski definition) is 2. The summed E-state index contributed by atoms with van der Waals surface area (Å²) in [4.78, 5) is 0.199. The quantitative estimate of drug-likeness (QED) is 0.885. The van der Waals surface area contributed by atoms with Crippen molar-refractivity contribution in [2.24, 2.45) is 5.73 Å². The van der Waals surface area contributed by atoms with Crippen molar-refractivity contribution < 1.29 is 13.5 Å². The zero-order valence-electron chi connectivity index (χ0n) is 11.7. The lowest BCUT2D eigenvalue weighted by molar-refractivity contribution is 0.475. The number of phenolic OH excluding ortho intramolecular Hbond substituents is 1. The Morgan fingerprint density at radius 3 is 2.33 bits per heavy atom. The summed E-state index contributed by atoms with van der Waals surface area (Å²) in [7, 11) is -3.66. The fraction of sp³-hybridized carbons (Fsp3) is 0.200. The lowest BCUT2D eigenvalue weighted by Gasteiger charge is -2.23. The predicted molar refractivity (Wildman–Crippen MR) is 82.6 cm³/mol. The molecule has 0 aliphatic heterocycles. The number of hydrogen-bond acceptors (Lipinski definition) is 4. The van der Waals surface area contributed by atoms with E-state index < -0.39 is 10.0 Å². The Bertz CT molecular complexity index is 712. The summed E-state index contributed by atoms with van der Waals surface area (Å²) in [6.07, 6.45) is 0. The number of rotatable bonds is 5. The van der Waals surface area contributed by atoms with Crippen molar-refractivity contribution in [3.63, 3.8) is 0 Å². The highest BCUT2D eigenvalue weighted by Crippen LogP contribution is 2.26. The molecule has 2 aromatic carbocycles. The lowest BCUT2D eigenvalue weighted by atomic mass is 10.2. The molecule has 0 aliphatic rings. The minimum atomic E-state index is -3.66. The number of nitrogens with zero attached hydrogens (tertiary/aromatic N) is 1. The van der Waals surface area contributed by atoms with E-state index in [9.17, 15) is 13.5 Å². The third-order valence-corrected chi connectivity index (χ3v) is 5.07. The summed E-state index contributed by atoms with van der Waals surface area (Å²) in [6.45, 7) is 2.38. The van der Waals surface area contributed by atoms with Gasteiger partial charge in [0.05, 0.1) is 10.6 Å². The third kappa shape index (κ3) is 3.17. The average Bonchev–Trinajstić information content (AvgIpc) is 2.48. The average molecular weight is 306 g/mol. The van der Waals surface area contributed by atoms with E-state index in [0.717, 1.165) is 5.56 Å². The highest BCUT2D eigenvalue weighted by molar-refractivity contribution is 7.92. The molecule has 0 atom stereocenters. The first kappa shape index (κ1) is 15.3. The van der Waals surface area contributed by atoms with E-state index in [1.165, 1.54) is 16.4 Å². The molecule has 0 amide bonds. The Morgan fingerprint density at radius 1 is 1.14 bits per heavy atom. The molecule has 0 fully saturated rings. The molecule has 0 saturated heterocycles. The fourth-order valence-electron chi connectivity index (χ4n) is 2.06. The van der Waals surface area contributed by atoms with Crippen molar-refractivity contribution in [3.05, 3.63) is 54.1 Å². The summed E-state index contributed by atoms with van der Waals surface area (Å²) in [5.74, 6) is 0.0274. The second-order valence-electron chi connectivity index (χ2n) is 4.54. The lowest BCUT2D eigenvalue weighted by Crippen LogP contribution is -2.30. The molecule has 0 bridgehead atoms. The molecule has 0 radical (unpaired) electrons. The SMILES string of the molecule is CCN(c1cccc(O)c1)S(=O)(=O)c1ccc(CN)cc1. The van der Waals surface area contributed by atoms with Gasteiger partial charge in [-0.1, -0.05) is 18.2 Å². The van der Waals surface area contributed by atoms with Gasteiger partial charge in [0.2, 0.25) is 0 Å². The Hall–Kier alpha value is -2.05. The molecule has 2 aromatic rings. The molecule has 112 valence electrons. The van der Waals surface area contributed by atoms with Gasteiger partial charge in [0.15, 0.2) is 0 Å². The molecule has 3 N–H and O–H groups in total. The summed E-state index contributed by atoms with van der Waals surface area (Å²) in [6, 6.07) is 12.7. The van der Waals surface area contributed by atoms with Crippen molar-refractivity contribution in [1.82, 2.24) is 0 Å². The van der Waals surface area contributed by atoms with Crippen LogP contribution in [0.2, 0.25) is 0 Å². The summed E-state index contributed by atoms with van der Waals surface area (Å²) in [5.41, 5.74) is 6.82. The molecule has 2 rings (SSSR count). The fourth-order valence-corrected chi connectivity index (χ4v) is 3.53. The predicted octanol–water partition coefficient (Wildman–Crippen LogP) is 2.07. The van der Waals surface area contributed by atoms with Gasteiger partial charge in [-0.15, -0.1) is 0 Å². The maximum Gasteiger partial charge on any atom is 0.264 e. The van der Waals surface area contributed by atoms with Crippen LogP contribution in [0.1, 0.15) is 12.5 Å². The van der Waals surface area contributed by atoms with Gasteiger partial charge < -0.3 is 10.8 Å². The molecule has 0 saturated carbocycles. The monoisotopic (exact) mass is 306 g/mol. The highest BCUT2D eigenvalue weighted by atomic mass is 32.2. The van der Waals surface area contributed by atoms with Crippen LogP contribution in [0.3, 0.4) is 0 Å². The Balaban J connectivity index is 2.44. The Kier molecular flexibility index (Phi) is 4.50. The largest absolute Gasteiger partial charge is 0.508 e. The number of anilines is 1. The van der Waals surface area contributed by atoms with Crippen LogP contribution < -0.4 is 10.0 Å². The highest BCUT2D eigenvalue weighted by Gasteiger charge is 2.23. The van der Waals surface area contributed by atoms with Crippen molar-refractivity contribution >= 4 is 15.7 Å². The summed E-state index contributed by atoms with van der Waals surface area (Å²) < 4.78 is 26.6. The molecule has 6 heteroatoms. The second-order valence-corrected chi connectivity index (χ2v) is 6.40. The van der Waals surface area contributed by atoms with E-state index in [1.54, 1.807) is 43.3 Å². The number of nitrogens with two attached hydrogens (primary N) is 1.